The Bertz CT molecular complexity index is 726. The highest BCUT2D eigenvalue weighted by Gasteiger charge is 2.11. The van der Waals surface area contributed by atoms with E-state index in [2.05, 4.69) is 12.2 Å². The number of carboxylic acids is 1. The summed E-state index contributed by atoms with van der Waals surface area (Å²) in [7, 11) is 0. The number of aliphatic carboxylic acids is 1. The van der Waals surface area contributed by atoms with Crippen molar-refractivity contribution in [2.45, 2.75) is 32.4 Å². The lowest BCUT2D eigenvalue weighted by atomic mass is 10.2. The van der Waals surface area contributed by atoms with Gasteiger partial charge in [-0.25, -0.2) is 4.79 Å². The molecular formula is C20H25NO4S. The second-order valence-electron chi connectivity index (χ2n) is 6.22. The van der Waals surface area contributed by atoms with Gasteiger partial charge in [-0.05, 0) is 50.1 Å². The number of carbonyl (C=O) groups is 1. The minimum atomic E-state index is -0.931. The fourth-order valence-electron chi connectivity index (χ4n) is 2.44. The molecule has 0 bridgehead atoms. The average Bonchev–Trinajstić information content (AvgIpc) is 3.07. The third kappa shape index (κ3) is 7.00. The van der Waals surface area contributed by atoms with Crippen LogP contribution < -0.4 is 10.1 Å². The molecule has 140 valence electrons. The third-order valence-electron chi connectivity index (χ3n) is 3.79. The van der Waals surface area contributed by atoms with E-state index < -0.39 is 12.1 Å². The van der Waals surface area contributed by atoms with Crippen molar-refractivity contribution in [3.63, 3.8) is 0 Å². The standard InChI is InChI=1S/C20H25NO4S/c1-14(10-20(23)24)19-9-8-18(26-19)11-15(2)21-12-16(22)13-25-17-6-4-3-5-7-17/h3-10,15-16,21-22H,11-13H2,1-2H3,(H,23,24)/b14-10+. The second-order valence-corrected chi connectivity index (χ2v) is 7.39. The normalized spacial score (nSPS) is 14.0. The van der Waals surface area contributed by atoms with Crippen LogP contribution >= 0.6 is 11.3 Å². The van der Waals surface area contributed by atoms with Gasteiger partial charge >= 0.3 is 5.97 Å². The Labute approximate surface area is 158 Å². The molecule has 2 unspecified atom stereocenters. The molecule has 0 radical (unpaired) electrons. The van der Waals surface area contributed by atoms with Crippen molar-refractivity contribution in [1.29, 1.82) is 0 Å². The van der Waals surface area contributed by atoms with E-state index in [1.807, 2.05) is 42.5 Å². The SMILES string of the molecule is C/C(=C\C(=O)O)c1ccc(CC(C)NCC(O)COc2ccccc2)s1. The van der Waals surface area contributed by atoms with Crippen LogP contribution in [-0.4, -0.2) is 41.5 Å². The Morgan fingerprint density at radius 3 is 2.69 bits per heavy atom. The van der Waals surface area contributed by atoms with Gasteiger partial charge in [0.1, 0.15) is 18.5 Å². The summed E-state index contributed by atoms with van der Waals surface area (Å²) in [4.78, 5) is 12.9. The van der Waals surface area contributed by atoms with E-state index in [9.17, 15) is 9.90 Å². The first-order valence-electron chi connectivity index (χ1n) is 8.53. The highest BCUT2D eigenvalue weighted by Crippen LogP contribution is 2.24. The summed E-state index contributed by atoms with van der Waals surface area (Å²) >= 11 is 1.59. The summed E-state index contributed by atoms with van der Waals surface area (Å²) in [5, 5.41) is 22.2. The molecule has 1 aromatic heterocycles. The molecule has 5 nitrogen and oxygen atoms in total. The lowest BCUT2D eigenvalue weighted by molar-refractivity contribution is -0.131. The molecule has 2 aromatic rings. The van der Waals surface area contributed by atoms with Crippen molar-refractivity contribution in [2.24, 2.45) is 0 Å². The third-order valence-corrected chi connectivity index (χ3v) is 5.03. The molecule has 1 aromatic carbocycles. The highest BCUT2D eigenvalue weighted by molar-refractivity contribution is 7.13. The quantitative estimate of drug-likeness (QED) is 0.556. The molecular weight excluding hydrogens is 350 g/mol. The van der Waals surface area contributed by atoms with Crippen molar-refractivity contribution < 1.29 is 19.7 Å². The average molecular weight is 375 g/mol. The van der Waals surface area contributed by atoms with Crippen molar-refractivity contribution in [1.82, 2.24) is 5.32 Å². The van der Waals surface area contributed by atoms with Crippen LogP contribution in [0.15, 0.2) is 48.5 Å². The Morgan fingerprint density at radius 1 is 1.27 bits per heavy atom. The molecule has 0 saturated carbocycles. The minimum absolute atomic E-state index is 0.191. The van der Waals surface area contributed by atoms with E-state index in [1.54, 1.807) is 18.3 Å². The Balaban J connectivity index is 1.74. The van der Waals surface area contributed by atoms with Crippen molar-refractivity contribution in [3.8, 4) is 5.75 Å². The van der Waals surface area contributed by atoms with E-state index in [1.165, 1.54) is 11.0 Å². The maximum absolute atomic E-state index is 10.7. The Morgan fingerprint density at radius 2 is 2.00 bits per heavy atom. The molecule has 2 atom stereocenters. The number of nitrogens with one attached hydrogen (secondary N) is 1. The van der Waals surface area contributed by atoms with Gasteiger partial charge in [0, 0.05) is 28.4 Å². The monoisotopic (exact) mass is 375 g/mol. The molecule has 0 aliphatic carbocycles. The molecule has 0 aliphatic rings. The van der Waals surface area contributed by atoms with Crippen LogP contribution in [0.2, 0.25) is 0 Å². The highest BCUT2D eigenvalue weighted by atomic mass is 32.1. The zero-order chi connectivity index (χ0) is 18.9. The number of ether oxygens (including phenoxy) is 1. The van der Waals surface area contributed by atoms with E-state index in [-0.39, 0.29) is 12.6 Å². The lowest BCUT2D eigenvalue weighted by Gasteiger charge is -2.17. The molecule has 2 rings (SSSR count). The van der Waals surface area contributed by atoms with Crippen molar-refractivity contribution in [2.75, 3.05) is 13.2 Å². The minimum Gasteiger partial charge on any atom is -0.491 e. The van der Waals surface area contributed by atoms with Crippen molar-refractivity contribution >= 4 is 22.9 Å². The molecule has 3 N–H and O–H groups in total. The topological polar surface area (TPSA) is 78.8 Å². The summed E-state index contributed by atoms with van der Waals surface area (Å²) in [6, 6.07) is 13.6. The Kier molecular flexibility index (Phi) is 7.84. The summed E-state index contributed by atoms with van der Waals surface area (Å²) < 4.78 is 5.54. The molecule has 0 aliphatic heterocycles. The van der Waals surface area contributed by atoms with Crippen LogP contribution in [0.25, 0.3) is 5.57 Å². The van der Waals surface area contributed by atoms with Crippen LogP contribution in [-0.2, 0) is 11.2 Å². The fourth-order valence-corrected chi connectivity index (χ4v) is 3.54. The Hall–Kier alpha value is -2.15. The summed E-state index contributed by atoms with van der Waals surface area (Å²) in [5.74, 6) is -0.185. The molecule has 0 amide bonds. The smallest absolute Gasteiger partial charge is 0.328 e. The van der Waals surface area contributed by atoms with Gasteiger partial charge < -0.3 is 20.3 Å². The zero-order valence-corrected chi connectivity index (χ0v) is 15.8. The number of benzene rings is 1. The number of carboxylic acid groups (broad SMARTS) is 1. The molecule has 0 saturated heterocycles. The maximum Gasteiger partial charge on any atom is 0.328 e. The predicted molar refractivity (Wildman–Crippen MR) is 105 cm³/mol. The van der Waals surface area contributed by atoms with Crippen LogP contribution in [0, 0.1) is 0 Å². The lowest BCUT2D eigenvalue weighted by Crippen LogP contribution is -2.37. The van der Waals surface area contributed by atoms with E-state index >= 15 is 0 Å². The van der Waals surface area contributed by atoms with Gasteiger partial charge in [-0.15, -0.1) is 11.3 Å². The van der Waals surface area contributed by atoms with E-state index in [0.29, 0.717) is 6.54 Å². The van der Waals surface area contributed by atoms with E-state index in [4.69, 9.17) is 9.84 Å². The first-order valence-corrected chi connectivity index (χ1v) is 9.35. The molecule has 26 heavy (non-hydrogen) atoms. The predicted octanol–water partition coefficient (Wildman–Crippen LogP) is 3.20. The number of thiophene rings is 1. The van der Waals surface area contributed by atoms with Gasteiger partial charge in [0.25, 0.3) is 0 Å². The van der Waals surface area contributed by atoms with Crippen LogP contribution in [0.3, 0.4) is 0 Å². The van der Waals surface area contributed by atoms with Gasteiger partial charge in [-0.3, -0.25) is 0 Å². The molecule has 6 heteroatoms. The first kappa shape index (κ1) is 20.2. The summed E-state index contributed by atoms with van der Waals surface area (Å²) in [6.45, 7) is 4.55. The van der Waals surface area contributed by atoms with Crippen LogP contribution in [0.4, 0.5) is 0 Å². The number of aliphatic hydroxyl groups is 1. The second kappa shape index (κ2) is 10.1. The van der Waals surface area contributed by atoms with Crippen LogP contribution in [0.5, 0.6) is 5.75 Å². The van der Waals surface area contributed by atoms with Gasteiger partial charge in [0.05, 0.1) is 0 Å². The number of aliphatic hydroxyl groups excluding tert-OH is 1. The number of para-hydroxylation sites is 1. The van der Waals surface area contributed by atoms with Crippen LogP contribution in [0.1, 0.15) is 23.6 Å². The number of allylic oxidation sites excluding steroid dienone is 1. The molecule has 0 fully saturated rings. The van der Waals surface area contributed by atoms with Gasteiger partial charge in [-0.1, -0.05) is 18.2 Å². The number of hydrogen-bond donors (Lipinski definition) is 3. The number of hydrogen-bond acceptors (Lipinski definition) is 5. The summed E-state index contributed by atoms with van der Waals surface area (Å²) in [5.41, 5.74) is 0.753. The van der Waals surface area contributed by atoms with Crippen molar-refractivity contribution in [3.05, 3.63) is 58.3 Å². The maximum atomic E-state index is 10.7. The fraction of sp³-hybridized carbons (Fsp3) is 0.350. The van der Waals surface area contributed by atoms with Gasteiger partial charge in [0.15, 0.2) is 0 Å². The molecule has 0 spiro atoms. The largest absolute Gasteiger partial charge is 0.491 e. The van der Waals surface area contributed by atoms with E-state index in [0.717, 1.165) is 22.6 Å². The van der Waals surface area contributed by atoms with Gasteiger partial charge in [-0.2, -0.15) is 0 Å². The first-order chi connectivity index (χ1) is 12.4. The number of rotatable bonds is 10. The van der Waals surface area contributed by atoms with Gasteiger partial charge in [0.2, 0.25) is 0 Å². The summed E-state index contributed by atoms with van der Waals surface area (Å²) in [6.07, 6.45) is 1.45. The molecule has 1 heterocycles. The zero-order valence-electron chi connectivity index (χ0n) is 15.0.